The Hall–Kier alpha value is -0.910. The predicted molar refractivity (Wildman–Crippen MR) is 89.3 cm³/mol. The topological polar surface area (TPSA) is 31.4 Å². The number of aromatic nitrogens is 1. The molecular weight excluding hydrogens is 350 g/mol. The van der Waals surface area contributed by atoms with Gasteiger partial charge in [-0.25, -0.2) is 4.98 Å². The quantitative estimate of drug-likeness (QED) is 0.688. The zero-order chi connectivity index (χ0) is 14.8. The minimum atomic E-state index is 0.574. The first kappa shape index (κ1) is 15.0. The van der Waals surface area contributed by atoms with Crippen LogP contribution in [0.5, 0.6) is 5.75 Å². The van der Waals surface area contributed by atoms with Crippen LogP contribution in [0.1, 0.15) is 29.2 Å². The van der Waals surface area contributed by atoms with Gasteiger partial charge < -0.3 is 9.47 Å². The fraction of sp³-hybridized carbons (Fsp3) is 0.438. The van der Waals surface area contributed by atoms with Gasteiger partial charge in [0.15, 0.2) is 3.92 Å². The van der Waals surface area contributed by atoms with E-state index in [4.69, 9.17) is 9.47 Å². The number of halogens is 1. The number of rotatable bonds is 6. The molecule has 0 aliphatic heterocycles. The van der Waals surface area contributed by atoms with Gasteiger partial charge in [-0.2, -0.15) is 0 Å². The highest BCUT2D eigenvalue weighted by molar-refractivity contribution is 9.11. The van der Waals surface area contributed by atoms with E-state index in [1.54, 1.807) is 18.4 Å². The minimum absolute atomic E-state index is 0.574. The largest absolute Gasteiger partial charge is 0.491 e. The van der Waals surface area contributed by atoms with E-state index in [-0.39, 0.29) is 0 Å². The number of thiazole rings is 1. The molecule has 0 saturated heterocycles. The van der Waals surface area contributed by atoms with E-state index in [0.717, 1.165) is 15.4 Å². The van der Waals surface area contributed by atoms with Gasteiger partial charge in [-0.05, 0) is 65.4 Å². The van der Waals surface area contributed by atoms with Crippen LogP contribution < -0.4 is 4.74 Å². The lowest BCUT2D eigenvalue weighted by atomic mass is 10.0. The van der Waals surface area contributed by atoms with Gasteiger partial charge in [-0.1, -0.05) is 0 Å². The molecule has 5 heteroatoms. The first-order valence-electron chi connectivity index (χ1n) is 7.08. The van der Waals surface area contributed by atoms with Crippen molar-refractivity contribution in [3.05, 3.63) is 32.6 Å². The third kappa shape index (κ3) is 3.47. The van der Waals surface area contributed by atoms with Crippen LogP contribution in [-0.2, 0) is 4.74 Å². The fourth-order valence-electron chi connectivity index (χ4n) is 2.35. The second-order valence-corrected chi connectivity index (χ2v) is 7.58. The summed E-state index contributed by atoms with van der Waals surface area (Å²) < 4.78 is 11.6. The second-order valence-electron chi connectivity index (χ2n) is 5.27. The third-order valence-electron chi connectivity index (χ3n) is 3.58. The van der Waals surface area contributed by atoms with Crippen LogP contribution in [0.2, 0.25) is 0 Å². The average Bonchev–Trinajstić information content (AvgIpc) is 3.23. The summed E-state index contributed by atoms with van der Waals surface area (Å²) in [6.07, 6.45) is 2.58. The molecule has 1 fully saturated rings. The first-order chi connectivity index (χ1) is 10.2. The highest BCUT2D eigenvalue weighted by Crippen LogP contribution is 2.48. The van der Waals surface area contributed by atoms with E-state index in [9.17, 15) is 0 Å². The Balaban J connectivity index is 1.85. The van der Waals surface area contributed by atoms with Crippen molar-refractivity contribution in [2.45, 2.75) is 25.7 Å². The molecule has 1 aromatic heterocycles. The predicted octanol–water partition coefficient (Wildman–Crippen LogP) is 4.78. The molecule has 0 amide bonds. The lowest BCUT2D eigenvalue weighted by molar-refractivity contribution is 0.146. The summed E-state index contributed by atoms with van der Waals surface area (Å²) in [7, 11) is 1.68. The van der Waals surface area contributed by atoms with Crippen molar-refractivity contribution >= 4 is 27.3 Å². The van der Waals surface area contributed by atoms with Crippen molar-refractivity contribution in [2.24, 2.45) is 0 Å². The Kier molecular flexibility index (Phi) is 4.62. The molecule has 0 spiro atoms. The summed E-state index contributed by atoms with van der Waals surface area (Å²) >= 11 is 5.29. The molecule has 0 N–H and O–H groups in total. The van der Waals surface area contributed by atoms with Crippen molar-refractivity contribution in [1.82, 2.24) is 4.98 Å². The number of ether oxygens (including phenoxy) is 2. The summed E-state index contributed by atoms with van der Waals surface area (Å²) in [5.41, 5.74) is 3.54. The standard InChI is InChI=1S/C16H18BrNO2S/c1-10-9-12(20-8-7-19-2)5-6-13(10)14-15(11-3-4-11)21-16(17)18-14/h5-6,9,11H,3-4,7-8H2,1-2H3. The van der Waals surface area contributed by atoms with E-state index in [2.05, 4.69) is 40.0 Å². The summed E-state index contributed by atoms with van der Waals surface area (Å²) in [6, 6.07) is 6.21. The molecule has 21 heavy (non-hydrogen) atoms. The van der Waals surface area contributed by atoms with E-state index >= 15 is 0 Å². The lowest BCUT2D eigenvalue weighted by Crippen LogP contribution is -2.04. The number of benzene rings is 1. The van der Waals surface area contributed by atoms with E-state index in [0.29, 0.717) is 19.1 Å². The maximum Gasteiger partial charge on any atom is 0.160 e. The second kappa shape index (κ2) is 6.46. The van der Waals surface area contributed by atoms with Crippen LogP contribution >= 0.6 is 27.3 Å². The molecule has 0 unspecified atom stereocenters. The molecule has 3 rings (SSSR count). The van der Waals surface area contributed by atoms with Gasteiger partial charge in [0, 0.05) is 17.6 Å². The van der Waals surface area contributed by atoms with Crippen molar-refractivity contribution in [2.75, 3.05) is 20.3 Å². The summed E-state index contributed by atoms with van der Waals surface area (Å²) in [4.78, 5) is 6.10. The molecule has 2 aromatic rings. The minimum Gasteiger partial charge on any atom is -0.491 e. The Morgan fingerprint density at radius 1 is 1.33 bits per heavy atom. The maximum atomic E-state index is 5.66. The zero-order valence-electron chi connectivity index (χ0n) is 12.2. The molecule has 112 valence electrons. The summed E-state index contributed by atoms with van der Waals surface area (Å²) in [5, 5.41) is 0. The van der Waals surface area contributed by atoms with Gasteiger partial charge in [0.1, 0.15) is 12.4 Å². The van der Waals surface area contributed by atoms with Crippen molar-refractivity contribution in [1.29, 1.82) is 0 Å². The van der Waals surface area contributed by atoms with Crippen LogP contribution in [-0.4, -0.2) is 25.3 Å². The molecule has 0 atom stereocenters. The molecule has 1 aliphatic carbocycles. The molecular formula is C16H18BrNO2S. The van der Waals surface area contributed by atoms with E-state index in [1.807, 2.05) is 6.07 Å². The molecule has 3 nitrogen and oxygen atoms in total. The van der Waals surface area contributed by atoms with E-state index in [1.165, 1.54) is 28.8 Å². The fourth-order valence-corrected chi connectivity index (χ4v) is 4.03. The van der Waals surface area contributed by atoms with Gasteiger partial charge in [0.2, 0.25) is 0 Å². The first-order valence-corrected chi connectivity index (χ1v) is 8.69. The van der Waals surface area contributed by atoms with Crippen molar-refractivity contribution < 1.29 is 9.47 Å². The smallest absolute Gasteiger partial charge is 0.160 e. The lowest BCUT2D eigenvalue weighted by Gasteiger charge is -2.10. The molecule has 1 aromatic carbocycles. The summed E-state index contributed by atoms with van der Waals surface area (Å²) in [5.74, 6) is 1.59. The van der Waals surface area contributed by atoms with Crippen LogP contribution in [0.4, 0.5) is 0 Å². The van der Waals surface area contributed by atoms with Gasteiger partial charge in [-0.15, -0.1) is 11.3 Å². The number of aryl methyl sites for hydroxylation is 1. The van der Waals surface area contributed by atoms with Gasteiger partial charge in [0.05, 0.1) is 12.3 Å². The van der Waals surface area contributed by atoms with Crippen molar-refractivity contribution in [3.8, 4) is 17.0 Å². The Morgan fingerprint density at radius 2 is 2.14 bits per heavy atom. The zero-order valence-corrected chi connectivity index (χ0v) is 14.6. The number of nitrogens with zero attached hydrogens (tertiary/aromatic N) is 1. The number of methoxy groups -OCH3 is 1. The number of hydrogen-bond donors (Lipinski definition) is 0. The monoisotopic (exact) mass is 367 g/mol. The van der Waals surface area contributed by atoms with E-state index < -0.39 is 0 Å². The van der Waals surface area contributed by atoms with Crippen LogP contribution in [0.3, 0.4) is 0 Å². The average molecular weight is 368 g/mol. The number of hydrogen-bond acceptors (Lipinski definition) is 4. The third-order valence-corrected chi connectivity index (χ3v) is 5.25. The molecule has 1 saturated carbocycles. The highest BCUT2D eigenvalue weighted by Gasteiger charge is 2.30. The molecule has 0 radical (unpaired) electrons. The van der Waals surface area contributed by atoms with Gasteiger partial charge >= 0.3 is 0 Å². The molecule has 1 aliphatic rings. The Morgan fingerprint density at radius 3 is 2.81 bits per heavy atom. The normalized spacial score (nSPS) is 14.4. The molecule has 0 bridgehead atoms. The SMILES string of the molecule is COCCOc1ccc(-c2nc(Br)sc2C2CC2)c(C)c1. The van der Waals surface area contributed by atoms with Crippen LogP contribution in [0.25, 0.3) is 11.3 Å². The Bertz CT molecular complexity index is 637. The Labute approximate surface area is 137 Å². The van der Waals surface area contributed by atoms with Crippen LogP contribution in [0.15, 0.2) is 22.1 Å². The summed E-state index contributed by atoms with van der Waals surface area (Å²) in [6.45, 7) is 3.29. The maximum absolute atomic E-state index is 5.66. The van der Waals surface area contributed by atoms with Crippen LogP contribution in [0, 0.1) is 6.92 Å². The highest BCUT2D eigenvalue weighted by atomic mass is 79.9. The van der Waals surface area contributed by atoms with Gasteiger partial charge in [0.25, 0.3) is 0 Å². The van der Waals surface area contributed by atoms with Gasteiger partial charge in [-0.3, -0.25) is 0 Å². The van der Waals surface area contributed by atoms with Crippen molar-refractivity contribution in [3.63, 3.8) is 0 Å². The molecule has 1 heterocycles.